The summed E-state index contributed by atoms with van der Waals surface area (Å²) in [5.74, 6) is 0.779. The first-order valence-electron chi connectivity index (χ1n) is 7.52. The molecule has 1 fully saturated rings. The minimum absolute atomic E-state index is 0.239. The van der Waals surface area contributed by atoms with Gasteiger partial charge in [0, 0.05) is 13.1 Å². The fraction of sp³-hybridized carbons (Fsp3) is 0.929. The van der Waals surface area contributed by atoms with E-state index in [2.05, 4.69) is 28.6 Å². The van der Waals surface area contributed by atoms with Crippen LogP contribution in [0.25, 0.3) is 0 Å². The van der Waals surface area contributed by atoms with E-state index < -0.39 is 0 Å². The van der Waals surface area contributed by atoms with E-state index in [0.29, 0.717) is 0 Å². The van der Waals surface area contributed by atoms with Crippen LogP contribution in [0.1, 0.15) is 46.0 Å². The number of aliphatic imine (C=N–C) groups is 1. The van der Waals surface area contributed by atoms with Gasteiger partial charge in [-0.1, -0.05) is 13.8 Å². The highest BCUT2D eigenvalue weighted by molar-refractivity contribution is 5.81. The van der Waals surface area contributed by atoms with Crippen molar-refractivity contribution in [1.82, 2.24) is 9.80 Å². The topological polar surface area (TPSA) is 44.9 Å². The predicted octanol–water partition coefficient (Wildman–Crippen LogP) is 1.66. The second-order valence-corrected chi connectivity index (χ2v) is 5.75. The lowest BCUT2D eigenvalue weighted by Crippen LogP contribution is -2.52. The molecule has 2 N–H and O–H groups in total. The van der Waals surface area contributed by atoms with Gasteiger partial charge in [-0.15, -0.1) is 0 Å². The molecule has 0 radical (unpaired) electrons. The molecule has 104 valence electrons. The molecule has 4 heteroatoms. The van der Waals surface area contributed by atoms with E-state index in [-0.39, 0.29) is 5.54 Å². The molecule has 1 saturated heterocycles. The molecule has 0 aromatic carbocycles. The van der Waals surface area contributed by atoms with Gasteiger partial charge in [0.25, 0.3) is 0 Å². The van der Waals surface area contributed by atoms with Crippen molar-refractivity contribution in [1.29, 1.82) is 0 Å². The molecule has 2 heterocycles. The van der Waals surface area contributed by atoms with Crippen LogP contribution in [0.3, 0.4) is 0 Å². The molecule has 0 saturated carbocycles. The molecule has 0 amide bonds. The fourth-order valence-corrected chi connectivity index (χ4v) is 3.42. The van der Waals surface area contributed by atoms with E-state index in [4.69, 9.17) is 5.73 Å². The van der Waals surface area contributed by atoms with Crippen molar-refractivity contribution in [3.8, 4) is 0 Å². The second-order valence-electron chi connectivity index (χ2n) is 5.75. The quantitative estimate of drug-likeness (QED) is 0.827. The summed E-state index contributed by atoms with van der Waals surface area (Å²) in [6.07, 6.45) is 6.15. The molecule has 0 bridgehead atoms. The number of hydrogen-bond acceptors (Lipinski definition) is 4. The van der Waals surface area contributed by atoms with Gasteiger partial charge in [0.2, 0.25) is 0 Å². The maximum absolute atomic E-state index is 6.08. The number of likely N-dealkylation sites (tertiary alicyclic amines) is 1. The average Bonchev–Trinajstić information content (AvgIpc) is 2.55. The van der Waals surface area contributed by atoms with Crippen LogP contribution in [0.5, 0.6) is 0 Å². The highest BCUT2D eigenvalue weighted by Gasteiger charge is 2.42. The zero-order valence-corrected chi connectivity index (χ0v) is 12.0. The Hall–Kier alpha value is -0.770. The Morgan fingerprint density at radius 2 is 1.94 bits per heavy atom. The molecule has 2 aliphatic rings. The van der Waals surface area contributed by atoms with Crippen LogP contribution >= 0.6 is 0 Å². The number of hydrogen-bond donors (Lipinski definition) is 1. The Labute approximate surface area is 111 Å². The van der Waals surface area contributed by atoms with E-state index >= 15 is 0 Å². The molecule has 4 nitrogen and oxygen atoms in total. The van der Waals surface area contributed by atoms with Crippen molar-refractivity contribution < 1.29 is 0 Å². The number of nitrogens with zero attached hydrogens (tertiary/aromatic N) is 3. The summed E-state index contributed by atoms with van der Waals surface area (Å²) in [5.41, 5.74) is 6.32. The number of rotatable bonds is 4. The third kappa shape index (κ3) is 2.63. The zero-order chi connectivity index (χ0) is 13.0. The monoisotopic (exact) mass is 252 g/mol. The normalized spacial score (nSPS) is 29.7. The van der Waals surface area contributed by atoms with Gasteiger partial charge in [0.05, 0.1) is 12.1 Å². The summed E-state index contributed by atoms with van der Waals surface area (Å²) >= 11 is 0. The smallest absolute Gasteiger partial charge is 0.191 e. The van der Waals surface area contributed by atoms with Crippen LogP contribution < -0.4 is 5.73 Å². The fourth-order valence-electron chi connectivity index (χ4n) is 3.42. The van der Waals surface area contributed by atoms with Crippen molar-refractivity contribution in [2.75, 3.05) is 32.7 Å². The van der Waals surface area contributed by atoms with Gasteiger partial charge in [-0.05, 0) is 45.2 Å². The van der Waals surface area contributed by atoms with E-state index in [9.17, 15) is 0 Å². The molecule has 2 aliphatic heterocycles. The minimum atomic E-state index is 0.239. The second kappa shape index (κ2) is 5.91. The Kier molecular flexibility index (Phi) is 4.49. The van der Waals surface area contributed by atoms with Crippen LogP contribution in [0.2, 0.25) is 0 Å². The maximum atomic E-state index is 6.08. The van der Waals surface area contributed by atoms with Crippen LogP contribution in [0, 0.1) is 0 Å². The average molecular weight is 252 g/mol. The molecule has 1 unspecified atom stereocenters. The third-order valence-corrected chi connectivity index (χ3v) is 4.38. The molecule has 2 rings (SSSR count). The van der Waals surface area contributed by atoms with E-state index in [1.807, 2.05) is 0 Å². The molecular formula is C14H28N4. The van der Waals surface area contributed by atoms with E-state index in [1.54, 1.807) is 0 Å². The van der Waals surface area contributed by atoms with Crippen molar-refractivity contribution in [3.05, 3.63) is 0 Å². The minimum Gasteiger partial charge on any atom is -0.370 e. The lowest BCUT2D eigenvalue weighted by molar-refractivity contribution is 0.171. The molecule has 1 atom stereocenters. The van der Waals surface area contributed by atoms with Crippen LogP contribution in [0.15, 0.2) is 4.99 Å². The molecule has 0 aromatic rings. The van der Waals surface area contributed by atoms with Gasteiger partial charge in [0.15, 0.2) is 5.96 Å². The summed E-state index contributed by atoms with van der Waals surface area (Å²) in [5, 5.41) is 0. The molecule has 0 aliphatic carbocycles. The highest BCUT2D eigenvalue weighted by Crippen LogP contribution is 2.33. The van der Waals surface area contributed by atoms with Crippen LogP contribution in [-0.2, 0) is 0 Å². The van der Waals surface area contributed by atoms with Gasteiger partial charge in [-0.3, -0.25) is 4.99 Å². The standard InChI is InChI=1S/C14H28N4/c1-3-8-17-10-5-6-14(7-11-17)12-16-13(15)18(14)9-4-2/h3-12H2,1-2H3,(H2,15,16). The summed E-state index contributed by atoms with van der Waals surface area (Å²) in [4.78, 5) is 9.52. The zero-order valence-electron chi connectivity index (χ0n) is 12.0. The SMILES string of the molecule is CCCN1CCCC2(CC1)CN=C(N)N2CCC. The number of nitrogens with two attached hydrogens (primary N) is 1. The van der Waals surface area contributed by atoms with Gasteiger partial charge < -0.3 is 15.5 Å². The first-order valence-corrected chi connectivity index (χ1v) is 7.52. The molecular weight excluding hydrogens is 224 g/mol. The highest BCUT2D eigenvalue weighted by atomic mass is 15.4. The first-order chi connectivity index (χ1) is 8.72. The Bertz CT molecular complexity index is 302. The summed E-state index contributed by atoms with van der Waals surface area (Å²) in [6.45, 7) is 10.1. The lowest BCUT2D eigenvalue weighted by Gasteiger charge is -2.38. The van der Waals surface area contributed by atoms with E-state index in [0.717, 1.165) is 25.5 Å². The lowest BCUT2D eigenvalue weighted by atomic mass is 9.89. The Balaban J connectivity index is 2.03. The maximum Gasteiger partial charge on any atom is 0.191 e. The van der Waals surface area contributed by atoms with Crippen LogP contribution in [0.4, 0.5) is 0 Å². The predicted molar refractivity (Wildman–Crippen MR) is 76.8 cm³/mol. The summed E-state index contributed by atoms with van der Waals surface area (Å²) < 4.78 is 0. The van der Waals surface area contributed by atoms with Gasteiger partial charge in [-0.25, -0.2) is 0 Å². The van der Waals surface area contributed by atoms with Crippen molar-refractivity contribution in [2.45, 2.75) is 51.5 Å². The molecule has 0 aromatic heterocycles. The Morgan fingerprint density at radius 1 is 1.17 bits per heavy atom. The van der Waals surface area contributed by atoms with Crippen molar-refractivity contribution >= 4 is 5.96 Å². The summed E-state index contributed by atoms with van der Waals surface area (Å²) in [6, 6.07) is 0. The number of guanidine groups is 1. The Morgan fingerprint density at radius 3 is 2.67 bits per heavy atom. The molecule has 18 heavy (non-hydrogen) atoms. The van der Waals surface area contributed by atoms with Gasteiger partial charge >= 0.3 is 0 Å². The van der Waals surface area contributed by atoms with E-state index in [1.165, 1.54) is 45.3 Å². The first kappa shape index (κ1) is 13.7. The third-order valence-electron chi connectivity index (χ3n) is 4.38. The molecule has 1 spiro atoms. The van der Waals surface area contributed by atoms with Crippen LogP contribution in [-0.4, -0.2) is 54.0 Å². The van der Waals surface area contributed by atoms with Crippen molar-refractivity contribution in [3.63, 3.8) is 0 Å². The van der Waals surface area contributed by atoms with Crippen molar-refractivity contribution in [2.24, 2.45) is 10.7 Å². The van der Waals surface area contributed by atoms with Gasteiger partial charge in [0.1, 0.15) is 0 Å². The summed E-state index contributed by atoms with van der Waals surface area (Å²) in [7, 11) is 0. The largest absolute Gasteiger partial charge is 0.370 e. The van der Waals surface area contributed by atoms with Gasteiger partial charge in [-0.2, -0.15) is 0 Å².